The number of nitrogens with zero attached hydrogens (tertiary/aromatic N) is 2. The van der Waals surface area contributed by atoms with Gasteiger partial charge in [-0.05, 0) is 80.8 Å². The second-order valence-electron chi connectivity index (χ2n) is 9.92. The Hall–Kier alpha value is -3.92. The van der Waals surface area contributed by atoms with E-state index in [1.54, 1.807) is 0 Å². The Bertz CT molecular complexity index is 1430. The molecular weight excluding hydrogens is 545 g/mol. The Morgan fingerprint density at radius 1 is 0.976 bits per heavy atom. The van der Waals surface area contributed by atoms with Gasteiger partial charge in [0.15, 0.2) is 0 Å². The third kappa shape index (κ3) is 8.07. The highest BCUT2D eigenvalue weighted by Crippen LogP contribution is 2.26. The minimum atomic E-state index is -4.27. The lowest BCUT2D eigenvalue weighted by molar-refractivity contribution is -0.140. The maximum absolute atomic E-state index is 14.1. The molecule has 220 valence electrons. The molecule has 3 aromatic rings. The molecule has 41 heavy (non-hydrogen) atoms. The van der Waals surface area contributed by atoms with Crippen LogP contribution < -0.4 is 14.4 Å². The molecule has 3 aromatic carbocycles. The Balaban J connectivity index is 2.05. The topological polar surface area (TPSA) is 96.0 Å². The van der Waals surface area contributed by atoms with Gasteiger partial charge in [0.1, 0.15) is 24.2 Å². The molecule has 8 nitrogen and oxygen atoms in total. The quantitative estimate of drug-likeness (QED) is 0.304. The van der Waals surface area contributed by atoms with Crippen LogP contribution in [0.15, 0.2) is 77.7 Å². The second kappa shape index (κ2) is 14.1. The number of rotatable bonds is 13. The fourth-order valence-electron chi connectivity index (χ4n) is 4.38. The predicted octanol–water partition coefficient (Wildman–Crippen LogP) is 5.06. The molecule has 3 rings (SSSR count). The van der Waals surface area contributed by atoms with Gasteiger partial charge in [0.05, 0.1) is 17.7 Å². The molecule has 0 saturated heterocycles. The van der Waals surface area contributed by atoms with E-state index in [-0.39, 0.29) is 29.1 Å². The predicted molar refractivity (Wildman–Crippen MR) is 158 cm³/mol. The van der Waals surface area contributed by atoms with Gasteiger partial charge in [0, 0.05) is 12.6 Å². The van der Waals surface area contributed by atoms with Crippen LogP contribution >= 0.6 is 0 Å². The van der Waals surface area contributed by atoms with E-state index < -0.39 is 34.3 Å². The van der Waals surface area contributed by atoms with Crippen molar-refractivity contribution in [3.8, 4) is 5.75 Å². The van der Waals surface area contributed by atoms with Crippen molar-refractivity contribution in [1.29, 1.82) is 0 Å². The van der Waals surface area contributed by atoms with Crippen LogP contribution in [0, 0.1) is 12.7 Å². The first-order valence-electron chi connectivity index (χ1n) is 13.6. The van der Waals surface area contributed by atoms with Gasteiger partial charge >= 0.3 is 0 Å². The summed E-state index contributed by atoms with van der Waals surface area (Å²) in [6.45, 7) is 7.08. The minimum absolute atomic E-state index is 0.0674. The number of anilines is 1. The van der Waals surface area contributed by atoms with Crippen molar-refractivity contribution in [2.75, 3.05) is 18.0 Å². The molecule has 2 atom stereocenters. The normalized spacial score (nSPS) is 12.7. The van der Waals surface area contributed by atoms with Crippen LogP contribution in [-0.4, -0.2) is 50.9 Å². The van der Waals surface area contributed by atoms with Crippen molar-refractivity contribution in [2.45, 2.75) is 64.1 Å². The standard InChI is InChI=1S/C31H38FN3O5S/c1-6-23(4)33-31(37)29(7-2)34(20-24-10-8-9-22(3)19-24)30(36)21-35(26-13-11-25(32)12-14-26)41(38,39)28-17-15-27(40-5)16-18-28/h8-19,23,29H,6-7,20-21H2,1-5H3,(H,33,37). The molecule has 0 aromatic heterocycles. The van der Waals surface area contributed by atoms with Gasteiger partial charge < -0.3 is 15.0 Å². The van der Waals surface area contributed by atoms with Crippen molar-refractivity contribution in [2.24, 2.45) is 0 Å². The van der Waals surface area contributed by atoms with Gasteiger partial charge in [-0.25, -0.2) is 12.8 Å². The number of amides is 2. The lowest BCUT2D eigenvalue weighted by Gasteiger charge is -2.33. The number of carbonyl (C=O) groups excluding carboxylic acids is 2. The molecule has 0 bridgehead atoms. The first-order chi connectivity index (χ1) is 19.5. The van der Waals surface area contributed by atoms with Crippen molar-refractivity contribution in [1.82, 2.24) is 10.2 Å². The Kier molecular flexibility index (Phi) is 10.9. The van der Waals surface area contributed by atoms with Gasteiger partial charge in [-0.15, -0.1) is 0 Å². The third-order valence-corrected chi connectivity index (χ3v) is 8.65. The summed E-state index contributed by atoms with van der Waals surface area (Å²) in [6, 6.07) is 17.3. The maximum atomic E-state index is 14.1. The van der Waals surface area contributed by atoms with Gasteiger partial charge in [0.2, 0.25) is 11.8 Å². The number of carbonyl (C=O) groups is 2. The molecule has 10 heteroatoms. The number of aryl methyl sites for hydroxylation is 1. The lowest BCUT2D eigenvalue weighted by atomic mass is 10.1. The summed E-state index contributed by atoms with van der Waals surface area (Å²) in [7, 11) is -2.80. The zero-order chi connectivity index (χ0) is 30.2. The number of hydrogen-bond acceptors (Lipinski definition) is 5. The summed E-state index contributed by atoms with van der Waals surface area (Å²) < 4.78 is 47.6. The summed E-state index contributed by atoms with van der Waals surface area (Å²) >= 11 is 0. The number of halogens is 1. The van der Waals surface area contributed by atoms with Gasteiger partial charge in [-0.3, -0.25) is 13.9 Å². The Morgan fingerprint density at radius 2 is 1.63 bits per heavy atom. The van der Waals surface area contributed by atoms with Crippen LogP contribution in [0.5, 0.6) is 5.75 Å². The average molecular weight is 584 g/mol. The zero-order valence-corrected chi connectivity index (χ0v) is 24.9. The average Bonchev–Trinajstić information content (AvgIpc) is 2.96. The monoisotopic (exact) mass is 583 g/mol. The SMILES string of the molecule is CCC(C)NC(=O)C(CC)N(Cc1cccc(C)c1)C(=O)CN(c1ccc(F)cc1)S(=O)(=O)c1ccc(OC)cc1. The molecule has 0 aliphatic carbocycles. The highest BCUT2D eigenvalue weighted by atomic mass is 32.2. The first kappa shape index (κ1) is 31.6. The van der Waals surface area contributed by atoms with E-state index in [0.717, 1.165) is 27.6 Å². The maximum Gasteiger partial charge on any atom is 0.264 e. The summed E-state index contributed by atoms with van der Waals surface area (Å²) in [4.78, 5) is 28.8. The second-order valence-corrected chi connectivity index (χ2v) is 11.8. The third-order valence-electron chi connectivity index (χ3n) is 6.86. The molecule has 1 N–H and O–H groups in total. The Morgan fingerprint density at radius 3 is 2.20 bits per heavy atom. The van der Waals surface area contributed by atoms with Crippen LogP contribution in [0.1, 0.15) is 44.7 Å². The van der Waals surface area contributed by atoms with Crippen LogP contribution in [-0.2, 0) is 26.2 Å². The molecule has 0 aliphatic rings. The number of methoxy groups -OCH3 is 1. The van der Waals surface area contributed by atoms with Gasteiger partial charge in [-0.1, -0.05) is 43.7 Å². The fourth-order valence-corrected chi connectivity index (χ4v) is 5.79. The highest BCUT2D eigenvalue weighted by molar-refractivity contribution is 7.92. The fraction of sp³-hybridized carbons (Fsp3) is 0.355. The molecule has 0 saturated carbocycles. The largest absolute Gasteiger partial charge is 0.497 e. The van der Waals surface area contributed by atoms with E-state index in [1.165, 1.54) is 48.4 Å². The summed E-state index contributed by atoms with van der Waals surface area (Å²) in [5, 5.41) is 2.95. The van der Waals surface area contributed by atoms with Gasteiger partial charge in [-0.2, -0.15) is 0 Å². The van der Waals surface area contributed by atoms with Crippen LogP contribution in [0.25, 0.3) is 0 Å². The van der Waals surface area contributed by atoms with Crippen molar-refractivity contribution < 1.29 is 27.1 Å². The molecule has 2 amide bonds. The van der Waals surface area contributed by atoms with E-state index in [0.29, 0.717) is 18.6 Å². The number of ether oxygens (including phenoxy) is 1. The molecule has 2 unspecified atom stereocenters. The van der Waals surface area contributed by atoms with Crippen molar-refractivity contribution >= 4 is 27.5 Å². The van der Waals surface area contributed by atoms with Crippen molar-refractivity contribution in [3.63, 3.8) is 0 Å². The number of hydrogen-bond donors (Lipinski definition) is 1. The summed E-state index contributed by atoms with van der Waals surface area (Å²) in [5.41, 5.74) is 1.91. The molecular formula is C31H38FN3O5S. The highest BCUT2D eigenvalue weighted by Gasteiger charge is 2.34. The smallest absolute Gasteiger partial charge is 0.264 e. The molecule has 0 radical (unpaired) electrons. The lowest BCUT2D eigenvalue weighted by Crippen LogP contribution is -2.53. The zero-order valence-electron chi connectivity index (χ0n) is 24.1. The van der Waals surface area contributed by atoms with E-state index in [2.05, 4.69) is 5.32 Å². The van der Waals surface area contributed by atoms with E-state index in [4.69, 9.17) is 4.74 Å². The molecule has 0 fully saturated rings. The van der Waals surface area contributed by atoms with Gasteiger partial charge in [0.25, 0.3) is 10.0 Å². The van der Waals surface area contributed by atoms with E-state index in [1.807, 2.05) is 52.0 Å². The number of benzene rings is 3. The Labute approximate surface area is 242 Å². The molecule has 0 spiro atoms. The van der Waals surface area contributed by atoms with Crippen LogP contribution in [0.3, 0.4) is 0 Å². The van der Waals surface area contributed by atoms with Crippen LogP contribution in [0.4, 0.5) is 10.1 Å². The van der Waals surface area contributed by atoms with E-state index in [9.17, 15) is 22.4 Å². The first-order valence-corrected chi connectivity index (χ1v) is 15.0. The van der Waals surface area contributed by atoms with E-state index >= 15 is 0 Å². The summed E-state index contributed by atoms with van der Waals surface area (Å²) in [5.74, 6) is -0.959. The minimum Gasteiger partial charge on any atom is -0.497 e. The summed E-state index contributed by atoms with van der Waals surface area (Å²) in [6.07, 6.45) is 1.04. The van der Waals surface area contributed by atoms with Crippen LogP contribution in [0.2, 0.25) is 0 Å². The van der Waals surface area contributed by atoms with Crippen molar-refractivity contribution in [3.05, 3.63) is 89.7 Å². The number of sulfonamides is 1. The molecule has 0 heterocycles. The number of nitrogens with one attached hydrogen (secondary N) is 1. The molecule has 0 aliphatic heterocycles.